The van der Waals surface area contributed by atoms with E-state index in [9.17, 15) is 0 Å². The van der Waals surface area contributed by atoms with Gasteiger partial charge in [0.2, 0.25) is 0 Å². The van der Waals surface area contributed by atoms with Crippen LogP contribution >= 0.6 is 11.6 Å². The molecule has 0 radical (unpaired) electrons. The molecule has 3 aromatic rings. The Hall–Kier alpha value is -1.80. The molecule has 0 amide bonds. The van der Waals surface area contributed by atoms with Gasteiger partial charge in [0.1, 0.15) is 5.75 Å². The number of methoxy groups -OCH3 is 1. The van der Waals surface area contributed by atoms with Crippen LogP contribution < -0.4 is 4.74 Å². The number of fused-ring (bicyclic) bond motifs is 2. The maximum atomic E-state index is 6.46. The van der Waals surface area contributed by atoms with Gasteiger partial charge in [0, 0.05) is 16.8 Å². The Bertz CT molecular complexity index is 752. The largest absolute Gasteiger partial charge is 0.497 e. The number of ether oxygens (including phenoxy) is 1. The van der Waals surface area contributed by atoms with Crippen LogP contribution in [0.1, 0.15) is 5.56 Å². The predicted molar refractivity (Wildman–Crippen MR) is 75.5 cm³/mol. The maximum Gasteiger partial charge on any atom is 0.121 e. The molecule has 0 aliphatic rings. The number of benzene rings is 2. The quantitative estimate of drug-likeness (QED) is 0.605. The molecule has 0 aliphatic carbocycles. The Kier molecular flexibility index (Phi) is 2.60. The van der Waals surface area contributed by atoms with Crippen LogP contribution in [0.3, 0.4) is 0 Å². The van der Waals surface area contributed by atoms with E-state index >= 15 is 0 Å². The van der Waals surface area contributed by atoms with Gasteiger partial charge in [0.05, 0.1) is 23.2 Å². The lowest BCUT2D eigenvalue weighted by atomic mass is 10.1. The Balaban J connectivity index is 2.44. The first kappa shape index (κ1) is 11.3. The molecule has 2 aromatic carbocycles. The zero-order valence-electron chi connectivity index (χ0n) is 10.2. The van der Waals surface area contributed by atoms with Crippen molar-refractivity contribution in [2.45, 2.75) is 6.92 Å². The van der Waals surface area contributed by atoms with E-state index < -0.39 is 0 Å². The summed E-state index contributed by atoms with van der Waals surface area (Å²) >= 11 is 6.46. The third-order valence-electron chi connectivity index (χ3n) is 3.07. The maximum absolute atomic E-state index is 6.46. The first-order chi connectivity index (χ1) is 8.69. The number of aromatic nitrogens is 1. The molecule has 2 nitrogen and oxygen atoms in total. The van der Waals surface area contributed by atoms with Crippen LogP contribution in [0.4, 0.5) is 0 Å². The van der Waals surface area contributed by atoms with Crippen molar-refractivity contribution in [1.29, 1.82) is 0 Å². The van der Waals surface area contributed by atoms with E-state index in [1.807, 2.05) is 37.3 Å². The lowest BCUT2D eigenvalue weighted by Gasteiger charge is -2.07. The van der Waals surface area contributed by atoms with E-state index in [0.29, 0.717) is 0 Å². The second kappa shape index (κ2) is 4.14. The third kappa shape index (κ3) is 1.70. The average Bonchev–Trinajstić information content (AvgIpc) is 2.39. The predicted octanol–water partition coefficient (Wildman–Crippen LogP) is 4.36. The SMILES string of the molecule is COc1ccc2c(Cl)c3cc(C)ccc3nc2c1. The third-order valence-corrected chi connectivity index (χ3v) is 3.48. The van der Waals surface area contributed by atoms with Gasteiger partial charge in [-0.25, -0.2) is 4.98 Å². The van der Waals surface area contributed by atoms with Crippen molar-refractivity contribution in [2.24, 2.45) is 0 Å². The number of pyridine rings is 1. The van der Waals surface area contributed by atoms with Crippen LogP contribution in [0.2, 0.25) is 5.02 Å². The highest BCUT2D eigenvalue weighted by atomic mass is 35.5. The molecule has 0 fully saturated rings. The summed E-state index contributed by atoms with van der Waals surface area (Å²) in [6.07, 6.45) is 0. The molecule has 0 bridgehead atoms. The summed E-state index contributed by atoms with van der Waals surface area (Å²) in [6, 6.07) is 11.9. The average molecular weight is 258 g/mol. The van der Waals surface area contributed by atoms with Crippen molar-refractivity contribution in [1.82, 2.24) is 4.98 Å². The van der Waals surface area contributed by atoms with Crippen molar-refractivity contribution in [3.63, 3.8) is 0 Å². The fourth-order valence-electron chi connectivity index (χ4n) is 2.11. The second-order valence-electron chi connectivity index (χ2n) is 4.33. The highest BCUT2D eigenvalue weighted by molar-refractivity contribution is 6.40. The monoisotopic (exact) mass is 257 g/mol. The second-order valence-corrected chi connectivity index (χ2v) is 4.71. The topological polar surface area (TPSA) is 22.1 Å². The van der Waals surface area contributed by atoms with E-state index in [4.69, 9.17) is 16.3 Å². The van der Waals surface area contributed by atoms with Gasteiger partial charge in [-0.15, -0.1) is 0 Å². The normalized spacial score (nSPS) is 11.1. The molecule has 1 heterocycles. The van der Waals surface area contributed by atoms with Crippen molar-refractivity contribution < 1.29 is 4.74 Å². The van der Waals surface area contributed by atoms with E-state index in [1.165, 1.54) is 5.56 Å². The fourth-order valence-corrected chi connectivity index (χ4v) is 2.43. The first-order valence-electron chi connectivity index (χ1n) is 5.72. The standard InChI is InChI=1S/C15H12ClNO/c1-9-3-6-13-12(7-9)15(16)11-5-4-10(18-2)8-14(11)17-13/h3-8H,1-2H3. The fraction of sp³-hybridized carbons (Fsp3) is 0.133. The highest BCUT2D eigenvalue weighted by Gasteiger charge is 2.08. The summed E-state index contributed by atoms with van der Waals surface area (Å²) in [5, 5.41) is 2.70. The minimum Gasteiger partial charge on any atom is -0.497 e. The van der Waals surface area contributed by atoms with E-state index in [-0.39, 0.29) is 0 Å². The molecule has 0 N–H and O–H groups in total. The van der Waals surface area contributed by atoms with Gasteiger partial charge in [0.25, 0.3) is 0 Å². The Morgan fingerprint density at radius 1 is 1.00 bits per heavy atom. The van der Waals surface area contributed by atoms with Gasteiger partial charge in [0.15, 0.2) is 0 Å². The molecular weight excluding hydrogens is 246 g/mol. The van der Waals surface area contributed by atoms with Gasteiger partial charge < -0.3 is 4.74 Å². The summed E-state index contributed by atoms with van der Waals surface area (Å²) in [4.78, 5) is 4.62. The van der Waals surface area contributed by atoms with Gasteiger partial charge in [-0.2, -0.15) is 0 Å². The molecular formula is C15H12ClNO. The molecule has 90 valence electrons. The summed E-state index contributed by atoms with van der Waals surface area (Å²) in [6.45, 7) is 2.05. The van der Waals surface area contributed by atoms with E-state index in [2.05, 4.69) is 11.1 Å². The van der Waals surface area contributed by atoms with E-state index in [0.717, 1.165) is 32.6 Å². The van der Waals surface area contributed by atoms with Crippen LogP contribution in [0, 0.1) is 6.92 Å². The summed E-state index contributed by atoms with van der Waals surface area (Å²) in [5.41, 5.74) is 2.95. The van der Waals surface area contributed by atoms with Gasteiger partial charge in [-0.1, -0.05) is 23.2 Å². The zero-order valence-corrected chi connectivity index (χ0v) is 11.0. The summed E-state index contributed by atoms with van der Waals surface area (Å²) in [7, 11) is 1.65. The number of halogens is 1. The number of aryl methyl sites for hydroxylation is 1. The number of nitrogens with zero attached hydrogens (tertiary/aromatic N) is 1. The number of rotatable bonds is 1. The van der Waals surface area contributed by atoms with Crippen LogP contribution in [0.25, 0.3) is 21.8 Å². The van der Waals surface area contributed by atoms with E-state index in [1.54, 1.807) is 7.11 Å². The molecule has 0 spiro atoms. The summed E-state index contributed by atoms with van der Waals surface area (Å²) in [5.74, 6) is 0.789. The molecule has 0 saturated carbocycles. The number of hydrogen-bond acceptors (Lipinski definition) is 2. The van der Waals surface area contributed by atoms with Crippen LogP contribution in [0.15, 0.2) is 36.4 Å². The highest BCUT2D eigenvalue weighted by Crippen LogP contribution is 2.32. The van der Waals surface area contributed by atoms with Crippen molar-refractivity contribution in [3.8, 4) is 5.75 Å². The smallest absolute Gasteiger partial charge is 0.121 e. The Morgan fingerprint density at radius 2 is 1.83 bits per heavy atom. The van der Waals surface area contributed by atoms with Crippen LogP contribution in [-0.4, -0.2) is 12.1 Å². The zero-order chi connectivity index (χ0) is 12.7. The lowest BCUT2D eigenvalue weighted by molar-refractivity contribution is 0.415. The van der Waals surface area contributed by atoms with Crippen LogP contribution in [0.5, 0.6) is 5.75 Å². The van der Waals surface area contributed by atoms with Gasteiger partial charge in [-0.3, -0.25) is 0 Å². The van der Waals surface area contributed by atoms with Crippen molar-refractivity contribution >= 4 is 33.4 Å². The van der Waals surface area contributed by atoms with Gasteiger partial charge in [-0.05, 0) is 31.2 Å². The Labute approximate surface area is 110 Å². The lowest BCUT2D eigenvalue weighted by Crippen LogP contribution is -1.88. The van der Waals surface area contributed by atoms with Gasteiger partial charge >= 0.3 is 0 Å². The minimum absolute atomic E-state index is 0.751. The molecule has 18 heavy (non-hydrogen) atoms. The van der Waals surface area contributed by atoms with Crippen molar-refractivity contribution in [3.05, 3.63) is 47.0 Å². The summed E-state index contributed by atoms with van der Waals surface area (Å²) < 4.78 is 5.21. The molecule has 0 unspecified atom stereocenters. The molecule has 3 rings (SSSR count). The number of hydrogen-bond donors (Lipinski definition) is 0. The molecule has 0 saturated heterocycles. The van der Waals surface area contributed by atoms with Crippen LogP contribution in [-0.2, 0) is 0 Å². The molecule has 0 aliphatic heterocycles. The molecule has 0 atom stereocenters. The Morgan fingerprint density at radius 3 is 2.61 bits per heavy atom. The molecule has 1 aromatic heterocycles. The van der Waals surface area contributed by atoms with Crippen molar-refractivity contribution in [2.75, 3.05) is 7.11 Å². The first-order valence-corrected chi connectivity index (χ1v) is 6.10. The molecule has 3 heteroatoms. The minimum atomic E-state index is 0.751.